The molecular formula is C15H28N2O2. The van der Waals surface area contributed by atoms with Gasteiger partial charge in [-0.25, -0.2) is 0 Å². The number of esters is 1. The molecule has 4 nitrogen and oxygen atoms in total. The molecule has 4 heteroatoms. The van der Waals surface area contributed by atoms with Gasteiger partial charge in [-0.05, 0) is 31.9 Å². The molecule has 1 aliphatic heterocycles. The van der Waals surface area contributed by atoms with Crippen molar-refractivity contribution in [1.29, 1.82) is 0 Å². The van der Waals surface area contributed by atoms with Crippen LogP contribution in [0.4, 0.5) is 0 Å². The molecule has 0 aromatic rings. The van der Waals surface area contributed by atoms with Crippen LogP contribution < -0.4 is 5.32 Å². The maximum Gasteiger partial charge on any atom is 0.323 e. The minimum Gasteiger partial charge on any atom is -0.465 e. The summed E-state index contributed by atoms with van der Waals surface area (Å²) in [5.41, 5.74) is 1.13. The Labute approximate surface area is 117 Å². The largest absolute Gasteiger partial charge is 0.465 e. The zero-order valence-corrected chi connectivity index (χ0v) is 12.6. The normalized spacial score (nSPS) is 20.5. The van der Waals surface area contributed by atoms with Gasteiger partial charge in [0.25, 0.3) is 0 Å². The molecule has 0 bridgehead atoms. The molecule has 110 valence electrons. The molecule has 1 unspecified atom stereocenters. The average Bonchev–Trinajstić information content (AvgIpc) is 2.37. The van der Waals surface area contributed by atoms with Gasteiger partial charge < -0.3 is 10.1 Å². The molecule has 1 saturated heterocycles. The summed E-state index contributed by atoms with van der Waals surface area (Å²) >= 11 is 0. The van der Waals surface area contributed by atoms with Crippen LogP contribution in [0.2, 0.25) is 0 Å². The Bertz CT molecular complexity index is 303. The van der Waals surface area contributed by atoms with E-state index in [0.717, 1.165) is 44.5 Å². The van der Waals surface area contributed by atoms with Crippen LogP contribution in [0.25, 0.3) is 0 Å². The van der Waals surface area contributed by atoms with Gasteiger partial charge in [0, 0.05) is 19.1 Å². The highest BCUT2D eigenvalue weighted by molar-refractivity contribution is 5.75. The molecule has 1 heterocycles. The maximum absolute atomic E-state index is 11.9. The molecule has 0 spiro atoms. The van der Waals surface area contributed by atoms with Crippen LogP contribution in [0.5, 0.6) is 0 Å². The third-order valence-electron chi connectivity index (χ3n) is 3.36. The average molecular weight is 268 g/mol. The Kier molecular flexibility index (Phi) is 7.10. The first kappa shape index (κ1) is 16.2. The number of likely N-dealkylation sites (tertiary alicyclic amines) is 1. The minimum atomic E-state index is -0.0792. The van der Waals surface area contributed by atoms with Gasteiger partial charge in [-0.1, -0.05) is 26.8 Å². The molecule has 1 N–H and O–H groups in total. The first-order chi connectivity index (χ1) is 9.04. The fourth-order valence-corrected chi connectivity index (χ4v) is 2.38. The van der Waals surface area contributed by atoms with Gasteiger partial charge in [0.15, 0.2) is 0 Å². The third-order valence-corrected chi connectivity index (χ3v) is 3.36. The quantitative estimate of drug-likeness (QED) is 0.566. The Morgan fingerprint density at radius 1 is 1.47 bits per heavy atom. The van der Waals surface area contributed by atoms with E-state index >= 15 is 0 Å². The number of nitrogens with zero attached hydrogens (tertiary/aromatic N) is 1. The van der Waals surface area contributed by atoms with Gasteiger partial charge in [0.05, 0.1) is 6.61 Å². The van der Waals surface area contributed by atoms with Crippen molar-refractivity contribution >= 4 is 5.97 Å². The van der Waals surface area contributed by atoms with E-state index in [0.29, 0.717) is 12.6 Å². The van der Waals surface area contributed by atoms with Crippen molar-refractivity contribution in [3.63, 3.8) is 0 Å². The fourth-order valence-electron chi connectivity index (χ4n) is 2.38. The molecule has 0 aromatic heterocycles. The summed E-state index contributed by atoms with van der Waals surface area (Å²) in [6.07, 6.45) is 3.17. The molecule has 0 aliphatic carbocycles. The van der Waals surface area contributed by atoms with E-state index in [1.54, 1.807) is 0 Å². The number of nitrogens with one attached hydrogen (secondary N) is 1. The molecular weight excluding hydrogens is 240 g/mol. The number of piperidine rings is 1. The summed E-state index contributed by atoms with van der Waals surface area (Å²) in [6, 6.07) is 0.378. The van der Waals surface area contributed by atoms with E-state index in [9.17, 15) is 4.79 Å². The minimum absolute atomic E-state index is 0.0770. The summed E-state index contributed by atoms with van der Waals surface area (Å²) in [5.74, 6) is -0.0770. The molecule has 0 amide bonds. The van der Waals surface area contributed by atoms with E-state index in [-0.39, 0.29) is 12.0 Å². The predicted octanol–water partition coefficient (Wildman–Crippen LogP) is 1.96. The van der Waals surface area contributed by atoms with Gasteiger partial charge in [-0.2, -0.15) is 0 Å². The van der Waals surface area contributed by atoms with E-state index in [2.05, 4.69) is 30.6 Å². The van der Waals surface area contributed by atoms with Crippen molar-refractivity contribution in [3.8, 4) is 0 Å². The summed E-state index contributed by atoms with van der Waals surface area (Å²) in [7, 11) is 0. The van der Waals surface area contributed by atoms with Crippen molar-refractivity contribution in [2.45, 2.75) is 52.1 Å². The monoisotopic (exact) mass is 268 g/mol. The van der Waals surface area contributed by atoms with E-state index in [4.69, 9.17) is 4.74 Å². The number of hydrogen-bond acceptors (Lipinski definition) is 4. The first-order valence-corrected chi connectivity index (χ1v) is 7.35. The fraction of sp³-hybridized carbons (Fsp3) is 0.800. The molecule has 1 rings (SSSR count). The summed E-state index contributed by atoms with van der Waals surface area (Å²) in [4.78, 5) is 14.2. The van der Waals surface area contributed by atoms with Crippen LogP contribution in [-0.4, -0.2) is 49.2 Å². The molecule has 0 radical (unpaired) electrons. The second-order valence-corrected chi connectivity index (χ2v) is 5.52. The van der Waals surface area contributed by atoms with Crippen LogP contribution in [0.15, 0.2) is 12.2 Å². The van der Waals surface area contributed by atoms with Crippen LogP contribution in [0, 0.1) is 0 Å². The molecule has 1 atom stereocenters. The molecule has 0 aromatic carbocycles. The second-order valence-electron chi connectivity index (χ2n) is 5.52. The maximum atomic E-state index is 11.9. The molecule has 0 saturated carbocycles. The lowest BCUT2D eigenvalue weighted by Crippen LogP contribution is -2.46. The number of ether oxygens (including phenoxy) is 1. The topological polar surface area (TPSA) is 41.6 Å². The smallest absolute Gasteiger partial charge is 0.323 e. The Morgan fingerprint density at radius 2 is 2.21 bits per heavy atom. The van der Waals surface area contributed by atoms with Gasteiger partial charge >= 0.3 is 5.97 Å². The van der Waals surface area contributed by atoms with Crippen molar-refractivity contribution in [1.82, 2.24) is 10.2 Å². The SMILES string of the molecule is C=C(CNC(C)C)CN1CCCCC1C(=O)OCC. The highest BCUT2D eigenvalue weighted by atomic mass is 16.5. The molecule has 1 fully saturated rings. The lowest BCUT2D eigenvalue weighted by molar-refractivity contribution is -0.150. The number of carbonyl (C=O) groups is 1. The Balaban J connectivity index is 2.47. The highest BCUT2D eigenvalue weighted by Crippen LogP contribution is 2.19. The number of rotatable bonds is 7. The van der Waals surface area contributed by atoms with Gasteiger partial charge in [0.1, 0.15) is 6.04 Å². The molecule has 1 aliphatic rings. The second kappa shape index (κ2) is 8.33. The van der Waals surface area contributed by atoms with Crippen molar-refractivity contribution in [2.75, 3.05) is 26.2 Å². The van der Waals surface area contributed by atoms with Crippen LogP contribution in [0.1, 0.15) is 40.0 Å². The van der Waals surface area contributed by atoms with Crippen molar-refractivity contribution < 1.29 is 9.53 Å². The van der Waals surface area contributed by atoms with E-state index < -0.39 is 0 Å². The lowest BCUT2D eigenvalue weighted by atomic mass is 10.0. The predicted molar refractivity (Wildman–Crippen MR) is 78.1 cm³/mol. The van der Waals surface area contributed by atoms with Crippen molar-refractivity contribution in [3.05, 3.63) is 12.2 Å². The van der Waals surface area contributed by atoms with Gasteiger partial charge in [-0.15, -0.1) is 0 Å². The van der Waals surface area contributed by atoms with Gasteiger partial charge in [0.2, 0.25) is 0 Å². The lowest BCUT2D eigenvalue weighted by Gasteiger charge is -2.34. The van der Waals surface area contributed by atoms with E-state index in [1.165, 1.54) is 0 Å². The Morgan fingerprint density at radius 3 is 2.84 bits per heavy atom. The van der Waals surface area contributed by atoms with Crippen LogP contribution >= 0.6 is 0 Å². The van der Waals surface area contributed by atoms with E-state index in [1.807, 2.05) is 6.92 Å². The zero-order valence-electron chi connectivity index (χ0n) is 12.6. The number of carbonyl (C=O) groups excluding carboxylic acids is 1. The summed E-state index contributed by atoms with van der Waals surface area (Å²) in [5, 5.41) is 3.36. The van der Waals surface area contributed by atoms with Crippen LogP contribution in [-0.2, 0) is 9.53 Å². The summed E-state index contributed by atoms with van der Waals surface area (Å²) < 4.78 is 5.17. The third kappa shape index (κ3) is 5.74. The van der Waals surface area contributed by atoms with Gasteiger partial charge in [-0.3, -0.25) is 9.69 Å². The summed E-state index contributed by atoms with van der Waals surface area (Å²) in [6.45, 7) is 13.2. The molecule has 19 heavy (non-hydrogen) atoms. The Hall–Kier alpha value is -0.870. The highest BCUT2D eigenvalue weighted by Gasteiger charge is 2.29. The van der Waals surface area contributed by atoms with Crippen molar-refractivity contribution in [2.24, 2.45) is 0 Å². The zero-order chi connectivity index (χ0) is 14.3. The first-order valence-electron chi connectivity index (χ1n) is 7.35. The number of hydrogen-bond donors (Lipinski definition) is 1. The van der Waals surface area contributed by atoms with Crippen LogP contribution in [0.3, 0.4) is 0 Å². The standard InChI is InChI=1S/C15H28N2O2/c1-5-19-15(18)14-8-6-7-9-17(14)11-13(4)10-16-12(2)3/h12,14,16H,4-11H2,1-3H3.